The predicted molar refractivity (Wildman–Crippen MR) is 79.1 cm³/mol. The van der Waals surface area contributed by atoms with E-state index in [1.54, 1.807) is 63.1 Å². The van der Waals surface area contributed by atoms with Crippen LogP contribution in [-0.2, 0) is 0 Å². The molecule has 0 radical (unpaired) electrons. The van der Waals surface area contributed by atoms with Crippen molar-refractivity contribution in [3.8, 4) is 0 Å². The van der Waals surface area contributed by atoms with Crippen molar-refractivity contribution in [3.05, 3.63) is 0 Å². The van der Waals surface area contributed by atoms with E-state index in [1.807, 2.05) is 0 Å². The summed E-state index contributed by atoms with van der Waals surface area (Å²) in [7, 11) is 0. The summed E-state index contributed by atoms with van der Waals surface area (Å²) in [6, 6.07) is 0. The third kappa shape index (κ3) is 4.29. The largest absolute Gasteiger partial charge is 0.268 e. The Hall–Kier alpha value is 0.532. The van der Waals surface area contributed by atoms with Crippen LogP contribution in [0.5, 0.6) is 0 Å². The molecule has 2 rings (SSSR count). The minimum absolute atomic E-state index is 0.414. The maximum atomic E-state index is 2.38. The molecular weight excluding hydrogens is 219 g/mol. The normalized spacial score (nSPS) is 23.8. The van der Waals surface area contributed by atoms with Crippen LogP contribution in [0.2, 0.25) is 14.8 Å². The summed E-state index contributed by atoms with van der Waals surface area (Å²) in [4.78, 5) is 0. The van der Waals surface area contributed by atoms with Gasteiger partial charge in [-0.1, -0.05) is 98.8 Å². The van der Waals surface area contributed by atoms with Crippen LogP contribution in [0.4, 0.5) is 0 Å². The lowest BCUT2D eigenvalue weighted by atomic mass is 9.99. The van der Waals surface area contributed by atoms with E-state index in [1.165, 1.54) is 28.8 Å². The fourth-order valence-corrected chi connectivity index (χ4v) is 9.67. The molecule has 17 heavy (non-hydrogen) atoms. The first-order valence-corrected chi connectivity index (χ1v) is 10.6. The van der Waals surface area contributed by atoms with E-state index in [2.05, 4.69) is 6.92 Å². The molecule has 2 fully saturated rings. The molecule has 98 valence electrons. The van der Waals surface area contributed by atoms with E-state index < -0.39 is 14.1 Å². The summed E-state index contributed by atoms with van der Waals surface area (Å²) in [6.45, 7) is 2.38. The number of unbranched alkanes of at least 4 members (excludes halogenated alkanes) is 1. The van der Waals surface area contributed by atoms with Gasteiger partial charge in [0.15, 0.2) is 0 Å². The van der Waals surface area contributed by atoms with E-state index in [9.17, 15) is 0 Å². The van der Waals surface area contributed by atoms with Crippen molar-refractivity contribution in [3.63, 3.8) is 0 Å². The Kier molecular flexibility index (Phi) is 6.45. The van der Waals surface area contributed by atoms with Gasteiger partial charge in [0.25, 0.3) is 14.1 Å². The topological polar surface area (TPSA) is 0 Å². The Balaban J connectivity index is 1.90. The van der Waals surface area contributed by atoms with Gasteiger partial charge >= 0.3 is 0 Å². The second kappa shape index (κ2) is 7.86. The monoisotopic (exact) mass is 250 g/mol. The van der Waals surface area contributed by atoms with Gasteiger partial charge < -0.3 is 0 Å². The molecule has 0 aliphatic heterocycles. The van der Waals surface area contributed by atoms with Crippen LogP contribution < -0.4 is 0 Å². The highest BCUT2D eigenvalue weighted by Gasteiger charge is 2.35. The van der Waals surface area contributed by atoms with Crippen molar-refractivity contribution in [2.24, 2.45) is 0 Å². The average molecular weight is 250 g/mol. The third-order valence-electron chi connectivity index (χ3n) is 5.40. The Morgan fingerprint density at radius 2 is 1.24 bits per heavy atom. The minimum Gasteiger partial charge on any atom is -0.0935 e. The first kappa shape index (κ1) is 14.0. The first-order chi connectivity index (χ1) is 8.42. The fraction of sp³-hybridized carbons (Fsp3) is 1.00. The lowest BCUT2D eigenvalue weighted by Gasteiger charge is -2.34. The van der Waals surface area contributed by atoms with Gasteiger partial charge in [-0.05, 0) is 0 Å². The van der Waals surface area contributed by atoms with Crippen molar-refractivity contribution < 1.29 is 0 Å². The molecule has 2 saturated carbocycles. The fourth-order valence-electron chi connectivity index (χ4n) is 4.42. The van der Waals surface area contributed by atoms with Crippen LogP contribution in [0.15, 0.2) is 0 Å². The molecule has 0 saturated heterocycles. The molecule has 1 heteroatoms. The van der Waals surface area contributed by atoms with E-state index in [0.29, 0.717) is 0 Å². The lowest BCUT2D eigenvalue weighted by Crippen LogP contribution is -2.29. The van der Waals surface area contributed by atoms with Crippen molar-refractivity contribution in [2.75, 3.05) is 0 Å². The molecule has 0 bridgehead atoms. The van der Waals surface area contributed by atoms with Gasteiger partial charge in [0.05, 0.1) is 0 Å². The standard InChI is InChI=1S/2C6H11.C4H9.Al/c2*1-2-4-6-5-3-1;1-3-4-2;/h2*1H,2-6H2;1,3-4H2,2H3;. The van der Waals surface area contributed by atoms with E-state index in [4.69, 9.17) is 0 Å². The molecular formula is C16H31Al. The van der Waals surface area contributed by atoms with Crippen LogP contribution in [0.25, 0.3) is 0 Å². The third-order valence-corrected chi connectivity index (χ3v) is 10.2. The van der Waals surface area contributed by atoms with Gasteiger partial charge in [0.1, 0.15) is 0 Å². The van der Waals surface area contributed by atoms with Crippen LogP contribution in [0.1, 0.15) is 84.0 Å². The zero-order valence-electron chi connectivity index (χ0n) is 11.9. The van der Waals surface area contributed by atoms with E-state index in [-0.39, 0.29) is 0 Å². The summed E-state index contributed by atoms with van der Waals surface area (Å²) >= 11 is -0.414. The molecule has 0 nitrogen and oxygen atoms in total. The molecule has 0 aromatic heterocycles. The number of hydrogen-bond acceptors (Lipinski definition) is 0. The van der Waals surface area contributed by atoms with Crippen molar-refractivity contribution in [1.29, 1.82) is 0 Å². The molecule has 0 aromatic rings. The van der Waals surface area contributed by atoms with Gasteiger partial charge in [-0.2, -0.15) is 0 Å². The van der Waals surface area contributed by atoms with E-state index in [0.717, 1.165) is 0 Å². The molecule has 0 amide bonds. The molecule has 0 unspecified atom stereocenters. The predicted octanol–water partition coefficient (Wildman–Crippen LogP) is 5.95. The highest BCUT2D eigenvalue weighted by Crippen LogP contribution is 2.43. The van der Waals surface area contributed by atoms with Gasteiger partial charge in [0.2, 0.25) is 0 Å². The van der Waals surface area contributed by atoms with Gasteiger partial charge in [0, 0.05) is 0 Å². The smallest absolute Gasteiger partial charge is 0.0935 e. The summed E-state index contributed by atoms with van der Waals surface area (Å²) in [5.41, 5.74) is 0. The zero-order valence-corrected chi connectivity index (χ0v) is 13.1. The molecule has 2 aliphatic carbocycles. The number of hydrogen-bond donors (Lipinski definition) is 0. The van der Waals surface area contributed by atoms with E-state index >= 15 is 0 Å². The summed E-state index contributed by atoms with van der Waals surface area (Å²) in [5.74, 6) is 0. The molecule has 0 aromatic carbocycles. The Morgan fingerprint density at radius 1 is 0.765 bits per heavy atom. The maximum absolute atomic E-state index is 2.38. The summed E-state index contributed by atoms with van der Waals surface area (Å²) < 4.78 is 2.50. The van der Waals surface area contributed by atoms with Gasteiger partial charge in [-0.15, -0.1) is 0 Å². The summed E-state index contributed by atoms with van der Waals surface area (Å²) in [6.07, 6.45) is 18.8. The quantitative estimate of drug-likeness (QED) is 0.529. The van der Waals surface area contributed by atoms with Crippen LogP contribution in [0.3, 0.4) is 0 Å². The zero-order chi connectivity index (χ0) is 11.9. The Bertz CT molecular complexity index is 172. The molecule has 2 aliphatic rings. The molecule has 0 N–H and O–H groups in total. The SMILES string of the molecule is CCC[CH2][Al]([CH]1CCCCC1)[CH]1CCCCC1. The highest BCUT2D eigenvalue weighted by molar-refractivity contribution is 6.62. The Labute approximate surface area is 113 Å². The highest BCUT2D eigenvalue weighted by atomic mass is 27.2. The van der Waals surface area contributed by atoms with Crippen molar-refractivity contribution in [2.45, 2.75) is 98.8 Å². The molecule has 0 heterocycles. The first-order valence-electron chi connectivity index (χ1n) is 8.42. The summed E-state index contributed by atoms with van der Waals surface area (Å²) in [5, 5.41) is 1.69. The number of rotatable bonds is 5. The van der Waals surface area contributed by atoms with Gasteiger partial charge in [-0.25, -0.2) is 0 Å². The van der Waals surface area contributed by atoms with Crippen molar-refractivity contribution in [1.82, 2.24) is 0 Å². The maximum Gasteiger partial charge on any atom is 0.268 e. The minimum atomic E-state index is -0.414. The second-order valence-electron chi connectivity index (χ2n) is 6.60. The molecule has 0 spiro atoms. The van der Waals surface area contributed by atoms with Crippen LogP contribution in [0, 0.1) is 0 Å². The van der Waals surface area contributed by atoms with Crippen LogP contribution >= 0.6 is 0 Å². The van der Waals surface area contributed by atoms with Gasteiger partial charge in [-0.3, -0.25) is 0 Å². The van der Waals surface area contributed by atoms with Crippen LogP contribution in [-0.4, -0.2) is 14.1 Å². The Morgan fingerprint density at radius 3 is 1.65 bits per heavy atom. The second-order valence-corrected chi connectivity index (χ2v) is 10.4. The lowest BCUT2D eigenvalue weighted by molar-refractivity contribution is 0.459. The van der Waals surface area contributed by atoms with Crippen molar-refractivity contribution >= 4 is 14.1 Å². The molecule has 0 atom stereocenters. The average Bonchev–Trinajstić information content (AvgIpc) is 2.42.